The third-order valence-corrected chi connectivity index (χ3v) is 8.07. The maximum Gasteiger partial charge on any atom is 0.414 e. The molecule has 0 saturated heterocycles. The number of nitrogens with zero attached hydrogens (tertiary/aromatic N) is 6. The lowest BCUT2D eigenvalue weighted by atomic mass is 9.78. The van der Waals surface area contributed by atoms with Crippen molar-refractivity contribution in [3.8, 4) is 0 Å². The SMILES string of the molecule is CC(C)(C(=NOCCCCC(=O)O)c1cccnc1)c1cccnc1.CC(C)(C(=NOCCCCC(=O)O)c1cccnc1)c1cccnc1.O=C(O)C(=O)O. The van der Waals surface area contributed by atoms with E-state index in [2.05, 4.69) is 57.9 Å². The third kappa shape index (κ3) is 16.2. The summed E-state index contributed by atoms with van der Waals surface area (Å²) in [4.78, 5) is 67.0. The first kappa shape index (κ1) is 45.6. The van der Waals surface area contributed by atoms with Gasteiger partial charge in [0.1, 0.15) is 13.2 Å². The van der Waals surface area contributed by atoms with Gasteiger partial charge in [0.15, 0.2) is 0 Å². The highest BCUT2D eigenvalue weighted by molar-refractivity contribution is 6.27. The fourth-order valence-electron chi connectivity index (χ4n) is 4.91. The number of hydrogen-bond acceptors (Lipinski definition) is 12. The van der Waals surface area contributed by atoms with Crippen LogP contribution in [0.2, 0.25) is 0 Å². The summed E-state index contributed by atoms with van der Waals surface area (Å²) in [6.07, 6.45) is 16.8. The van der Waals surface area contributed by atoms with Gasteiger partial charge < -0.3 is 30.1 Å². The molecule has 0 aromatic carbocycles. The van der Waals surface area contributed by atoms with Gasteiger partial charge in [-0.05, 0) is 101 Å². The van der Waals surface area contributed by atoms with Crippen molar-refractivity contribution < 1.29 is 49.3 Å². The van der Waals surface area contributed by atoms with Crippen LogP contribution in [0.15, 0.2) is 108 Å². The van der Waals surface area contributed by atoms with Gasteiger partial charge in [0.2, 0.25) is 0 Å². The van der Waals surface area contributed by atoms with Crippen molar-refractivity contribution >= 4 is 35.3 Å². The number of hydrogen-bond donors (Lipinski definition) is 4. The molecule has 0 fully saturated rings. The van der Waals surface area contributed by atoms with Gasteiger partial charge in [-0.15, -0.1) is 0 Å². The molecule has 4 rings (SSSR count). The molecule has 0 aliphatic rings. The Balaban J connectivity index is 0.000000338. The minimum atomic E-state index is -1.82. The van der Waals surface area contributed by atoms with Gasteiger partial charge in [-0.25, -0.2) is 9.59 Å². The van der Waals surface area contributed by atoms with E-state index in [0.29, 0.717) is 38.9 Å². The van der Waals surface area contributed by atoms with E-state index in [-0.39, 0.29) is 12.8 Å². The Morgan fingerprint density at radius 2 is 0.875 bits per heavy atom. The molecule has 16 nitrogen and oxygen atoms in total. The van der Waals surface area contributed by atoms with E-state index in [0.717, 1.165) is 33.7 Å². The van der Waals surface area contributed by atoms with Gasteiger partial charge in [0.25, 0.3) is 0 Å². The highest BCUT2D eigenvalue weighted by Crippen LogP contribution is 2.29. The number of rotatable bonds is 18. The highest BCUT2D eigenvalue weighted by atomic mass is 16.6. The number of carboxylic acid groups (broad SMARTS) is 4. The molecule has 0 unspecified atom stereocenters. The first-order valence-corrected chi connectivity index (χ1v) is 17.6. The van der Waals surface area contributed by atoms with Crippen LogP contribution >= 0.6 is 0 Å². The monoisotopic (exact) mass is 772 g/mol. The zero-order valence-corrected chi connectivity index (χ0v) is 31.8. The molecule has 4 aromatic rings. The van der Waals surface area contributed by atoms with E-state index < -0.39 is 34.7 Å². The van der Waals surface area contributed by atoms with E-state index in [1.807, 2.05) is 60.9 Å². The summed E-state index contributed by atoms with van der Waals surface area (Å²) in [7, 11) is 0. The maximum atomic E-state index is 10.5. The van der Waals surface area contributed by atoms with Gasteiger partial charge in [0, 0.05) is 84.4 Å². The van der Waals surface area contributed by atoms with E-state index in [1.54, 1.807) is 37.2 Å². The fraction of sp³-hybridized carbons (Fsp3) is 0.350. The fourth-order valence-corrected chi connectivity index (χ4v) is 4.91. The molecule has 56 heavy (non-hydrogen) atoms. The summed E-state index contributed by atoms with van der Waals surface area (Å²) in [6.45, 7) is 8.99. The van der Waals surface area contributed by atoms with E-state index in [4.69, 9.17) is 39.7 Å². The van der Waals surface area contributed by atoms with Gasteiger partial charge in [-0.3, -0.25) is 29.5 Å². The Labute approximate surface area is 325 Å². The van der Waals surface area contributed by atoms with Crippen LogP contribution in [-0.2, 0) is 39.7 Å². The number of pyridine rings is 4. The second kappa shape index (κ2) is 24.0. The second-order valence-electron chi connectivity index (χ2n) is 13.1. The van der Waals surface area contributed by atoms with Crippen LogP contribution in [0.3, 0.4) is 0 Å². The number of aliphatic carboxylic acids is 4. The number of carboxylic acids is 4. The Kier molecular flexibility index (Phi) is 19.5. The predicted molar refractivity (Wildman–Crippen MR) is 206 cm³/mol. The lowest BCUT2D eigenvalue weighted by Gasteiger charge is -2.26. The minimum absolute atomic E-state index is 0.143. The summed E-state index contributed by atoms with van der Waals surface area (Å²) in [6, 6.07) is 15.4. The lowest BCUT2D eigenvalue weighted by Crippen LogP contribution is -2.30. The predicted octanol–water partition coefficient (Wildman–Crippen LogP) is 6.02. The summed E-state index contributed by atoms with van der Waals surface area (Å²) in [5.41, 5.74) is 4.47. The Morgan fingerprint density at radius 3 is 1.14 bits per heavy atom. The Morgan fingerprint density at radius 1 is 0.536 bits per heavy atom. The maximum absolute atomic E-state index is 10.5. The van der Waals surface area contributed by atoms with Crippen molar-refractivity contribution in [3.05, 3.63) is 120 Å². The van der Waals surface area contributed by atoms with Crippen LogP contribution in [0, 0.1) is 0 Å². The summed E-state index contributed by atoms with van der Waals surface area (Å²) in [5.74, 6) is -5.24. The largest absolute Gasteiger partial charge is 0.481 e. The molecular formula is C40H48N6O10. The van der Waals surface area contributed by atoms with Crippen molar-refractivity contribution in [2.45, 2.75) is 77.0 Å². The van der Waals surface area contributed by atoms with Crippen LogP contribution in [0.5, 0.6) is 0 Å². The Hall–Kier alpha value is -6.58. The van der Waals surface area contributed by atoms with Crippen molar-refractivity contribution in [2.24, 2.45) is 10.3 Å². The normalized spacial score (nSPS) is 11.5. The molecule has 0 atom stereocenters. The van der Waals surface area contributed by atoms with Crippen molar-refractivity contribution in [1.82, 2.24) is 19.9 Å². The van der Waals surface area contributed by atoms with Gasteiger partial charge in [0.05, 0.1) is 11.4 Å². The van der Waals surface area contributed by atoms with E-state index >= 15 is 0 Å². The molecule has 16 heteroatoms. The van der Waals surface area contributed by atoms with Crippen LogP contribution in [0.25, 0.3) is 0 Å². The Bertz CT molecular complexity index is 1720. The quantitative estimate of drug-likeness (QED) is 0.0391. The molecule has 0 aliphatic heterocycles. The van der Waals surface area contributed by atoms with E-state index in [1.165, 1.54) is 0 Å². The van der Waals surface area contributed by atoms with Crippen molar-refractivity contribution in [3.63, 3.8) is 0 Å². The van der Waals surface area contributed by atoms with E-state index in [9.17, 15) is 9.59 Å². The molecule has 4 N–H and O–H groups in total. The molecule has 4 aromatic heterocycles. The molecular weight excluding hydrogens is 724 g/mol. The molecule has 0 radical (unpaired) electrons. The lowest BCUT2D eigenvalue weighted by molar-refractivity contribution is -0.159. The zero-order valence-electron chi connectivity index (χ0n) is 31.8. The average Bonchev–Trinajstić information content (AvgIpc) is 3.18. The van der Waals surface area contributed by atoms with Gasteiger partial charge >= 0.3 is 23.9 Å². The topological polar surface area (TPSA) is 244 Å². The molecule has 0 aliphatic carbocycles. The summed E-state index contributed by atoms with van der Waals surface area (Å²) in [5, 5.41) is 40.8. The zero-order chi connectivity index (χ0) is 41.4. The molecule has 0 spiro atoms. The number of carbonyl (C=O) groups is 4. The second-order valence-corrected chi connectivity index (χ2v) is 13.1. The van der Waals surface area contributed by atoms with Crippen LogP contribution in [-0.4, -0.2) is 88.9 Å². The van der Waals surface area contributed by atoms with Crippen LogP contribution in [0.1, 0.15) is 88.5 Å². The molecule has 4 heterocycles. The number of oxime groups is 2. The number of aromatic nitrogens is 4. The molecule has 0 amide bonds. The van der Waals surface area contributed by atoms with Gasteiger partial charge in [-0.2, -0.15) is 0 Å². The first-order valence-electron chi connectivity index (χ1n) is 17.6. The summed E-state index contributed by atoms with van der Waals surface area (Å²) >= 11 is 0. The number of unbranched alkanes of at least 4 members (excludes halogenated alkanes) is 2. The standard InChI is InChI=1S/2C19H23N3O3.C2H2O4/c2*1-19(2,16-8-6-11-21-14-16)18(15-7-5-10-20-13-15)22-25-12-4-3-9-17(23)24;3-1(4)2(5)6/h2*5-8,10-11,13-14H,3-4,9,12H2,1-2H3,(H,23,24);(H,3,4)(H,5,6). The molecule has 0 saturated carbocycles. The van der Waals surface area contributed by atoms with Crippen molar-refractivity contribution in [1.29, 1.82) is 0 Å². The smallest absolute Gasteiger partial charge is 0.414 e. The van der Waals surface area contributed by atoms with Crippen molar-refractivity contribution in [2.75, 3.05) is 13.2 Å². The van der Waals surface area contributed by atoms with Crippen LogP contribution < -0.4 is 0 Å². The first-order chi connectivity index (χ1) is 26.7. The molecule has 298 valence electrons. The molecule has 0 bridgehead atoms. The van der Waals surface area contributed by atoms with Crippen LogP contribution in [0.4, 0.5) is 0 Å². The average molecular weight is 773 g/mol. The third-order valence-electron chi connectivity index (χ3n) is 8.07. The minimum Gasteiger partial charge on any atom is -0.481 e. The summed E-state index contributed by atoms with van der Waals surface area (Å²) < 4.78 is 0. The highest BCUT2D eigenvalue weighted by Gasteiger charge is 2.31. The van der Waals surface area contributed by atoms with Gasteiger partial charge in [-0.1, -0.05) is 22.4 Å².